The van der Waals surface area contributed by atoms with E-state index in [1.807, 2.05) is 13.8 Å². The number of aromatic nitrogens is 2. The number of anilines is 1. The van der Waals surface area contributed by atoms with Crippen molar-refractivity contribution < 1.29 is 9.47 Å². The van der Waals surface area contributed by atoms with Crippen LogP contribution < -0.4 is 15.2 Å². The lowest BCUT2D eigenvalue weighted by molar-refractivity contribution is 0.402. The van der Waals surface area contributed by atoms with Crippen LogP contribution in [0.25, 0.3) is 0 Å². The number of aryl methyl sites for hydroxylation is 1. The lowest BCUT2D eigenvalue weighted by Gasteiger charge is -2.09. The minimum absolute atomic E-state index is 0.202. The van der Waals surface area contributed by atoms with Crippen molar-refractivity contribution in [3.63, 3.8) is 0 Å². The van der Waals surface area contributed by atoms with Crippen LogP contribution in [-0.4, -0.2) is 16.9 Å². The van der Waals surface area contributed by atoms with Crippen LogP contribution in [0, 0.1) is 11.3 Å². The molecule has 0 aliphatic carbocycles. The van der Waals surface area contributed by atoms with Gasteiger partial charge < -0.3 is 15.2 Å². The monoisotopic (exact) mass is 286 g/mol. The first kappa shape index (κ1) is 14.7. The predicted octanol–water partition coefficient (Wildman–Crippen LogP) is 2.80. The van der Waals surface area contributed by atoms with Gasteiger partial charge in [0.05, 0.1) is 24.4 Å². The molecule has 2 rings (SSSR count). The second-order valence-corrected chi connectivity index (χ2v) is 4.99. The molecule has 0 saturated carbocycles. The van der Waals surface area contributed by atoms with E-state index in [0.717, 1.165) is 5.69 Å². The molecule has 0 fully saturated rings. The number of hydrogen-bond acceptors (Lipinski definition) is 5. The van der Waals surface area contributed by atoms with Crippen LogP contribution in [0.2, 0.25) is 0 Å². The van der Waals surface area contributed by atoms with E-state index in [-0.39, 0.29) is 5.92 Å². The first-order chi connectivity index (χ1) is 9.96. The Morgan fingerprint density at radius 2 is 1.95 bits per heavy atom. The van der Waals surface area contributed by atoms with Gasteiger partial charge in [-0.15, -0.1) is 0 Å². The molecule has 1 aromatic carbocycles. The number of nitrogens with two attached hydrogens (primary N) is 1. The lowest BCUT2D eigenvalue weighted by atomic mass is 10.1. The van der Waals surface area contributed by atoms with Crippen molar-refractivity contribution in [1.82, 2.24) is 9.78 Å². The number of hydrogen-bond donors (Lipinski definition) is 1. The van der Waals surface area contributed by atoms with E-state index in [9.17, 15) is 0 Å². The third kappa shape index (κ3) is 2.92. The van der Waals surface area contributed by atoms with Crippen molar-refractivity contribution in [2.24, 2.45) is 7.05 Å². The van der Waals surface area contributed by atoms with Gasteiger partial charge in [0.25, 0.3) is 0 Å². The van der Waals surface area contributed by atoms with Crippen LogP contribution in [0.15, 0.2) is 18.2 Å². The molecule has 6 nitrogen and oxygen atoms in total. The summed E-state index contributed by atoms with van der Waals surface area (Å²) in [4.78, 5) is 0. The van der Waals surface area contributed by atoms with Gasteiger partial charge in [0.2, 0.25) is 5.88 Å². The van der Waals surface area contributed by atoms with Crippen molar-refractivity contribution in [1.29, 1.82) is 5.26 Å². The van der Waals surface area contributed by atoms with Crippen molar-refractivity contribution in [3.8, 4) is 23.4 Å². The Labute approximate surface area is 123 Å². The van der Waals surface area contributed by atoms with Gasteiger partial charge in [-0.3, -0.25) is 0 Å². The molecule has 0 unspecified atom stereocenters. The van der Waals surface area contributed by atoms with Gasteiger partial charge in [0.1, 0.15) is 17.2 Å². The average Bonchev–Trinajstić information content (AvgIpc) is 2.75. The molecule has 0 atom stereocenters. The molecule has 2 N–H and O–H groups in total. The molecule has 110 valence electrons. The van der Waals surface area contributed by atoms with E-state index < -0.39 is 0 Å². The van der Waals surface area contributed by atoms with E-state index in [1.165, 1.54) is 7.11 Å². The zero-order chi connectivity index (χ0) is 15.6. The van der Waals surface area contributed by atoms with Gasteiger partial charge in [0, 0.05) is 13.1 Å². The molecule has 0 radical (unpaired) electrons. The van der Waals surface area contributed by atoms with Crippen molar-refractivity contribution in [2.75, 3.05) is 12.8 Å². The molecule has 0 amide bonds. The van der Waals surface area contributed by atoms with Crippen LogP contribution in [-0.2, 0) is 7.05 Å². The van der Waals surface area contributed by atoms with Gasteiger partial charge in [-0.2, -0.15) is 10.4 Å². The zero-order valence-electron chi connectivity index (χ0n) is 12.5. The maximum absolute atomic E-state index is 9.03. The topological polar surface area (TPSA) is 86.1 Å². The third-order valence-corrected chi connectivity index (χ3v) is 3.06. The van der Waals surface area contributed by atoms with E-state index in [2.05, 4.69) is 11.2 Å². The summed E-state index contributed by atoms with van der Waals surface area (Å²) in [6, 6.07) is 7.03. The molecule has 2 aromatic rings. The Hall–Kier alpha value is -2.68. The molecule has 0 aliphatic heterocycles. The smallest absolute Gasteiger partial charge is 0.241 e. The largest absolute Gasteiger partial charge is 0.497 e. The van der Waals surface area contributed by atoms with Crippen molar-refractivity contribution in [3.05, 3.63) is 29.5 Å². The number of rotatable bonds is 4. The fourth-order valence-corrected chi connectivity index (χ4v) is 2.02. The molecular weight excluding hydrogens is 268 g/mol. The standard InChI is InChI=1S/C15H18N4O2/c1-9(2)14-13(17)15(19(3)18-14)21-12-6-10(8-16)5-11(7-12)20-4/h5-7,9H,17H2,1-4H3. The van der Waals surface area contributed by atoms with Crippen LogP contribution in [0.1, 0.15) is 31.0 Å². The van der Waals surface area contributed by atoms with Crippen molar-refractivity contribution in [2.45, 2.75) is 19.8 Å². The van der Waals surface area contributed by atoms with Gasteiger partial charge in [0.15, 0.2) is 0 Å². The molecule has 0 bridgehead atoms. The number of nitrogens with zero attached hydrogens (tertiary/aromatic N) is 3. The Kier molecular flexibility index (Phi) is 4.03. The van der Waals surface area contributed by atoms with Crippen LogP contribution in [0.5, 0.6) is 17.4 Å². The van der Waals surface area contributed by atoms with Crippen LogP contribution >= 0.6 is 0 Å². The molecule has 0 saturated heterocycles. The quantitative estimate of drug-likeness (QED) is 0.934. The maximum Gasteiger partial charge on any atom is 0.241 e. The molecule has 0 aliphatic rings. The summed E-state index contributed by atoms with van der Waals surface area (Å²) < 4.78 is 12.5. The summed E-state index contributed by atoms with van der Waals surface area (Å²) in [5.74, 6) is 1.69. The summed E-state index contributed by atoms with van der Waals surface area (Å²) in [6.45, 7) is 4.03. The van der Waals surface area contributed by atoms with Gasteiger partial charge >= 0.3 is 0 Å². The molecule has 0 spiro atoms. The fraction of sp³-hybridized carbons (Fsp3) is 0.333. The van der Waals surface area contributed by atoms with E-state index in [1.54, 1.807) is 29.9 Å². The second-order valence-electron chi connectivity index (χ2n) is 4.99. The SMILES string of the molecule is COc1cc(C#N)cc(Oc2c(N)c(C(C)C)nn2C)c1. The Balaban J connectivity index is 2.41. The first-order valence-corrected chi connectivity index (χ1v) is 6.55. The molecule has 1 aromatic heterocycles. The van der Waals surface area contributed by atoms with Crippen LogP contribution in [0.3, 0.4) is 0 Å². The summed E-state index contributed by atoms with van der Waals surface area (Å²) in [6.07, 6.45) is 0. The van der Waals surface area contributed by atoms with Crippen molar-refractivity contribution >= 4 is 5.69 Å². The highest BCUT2D eigenvalue weighted by Crippen LogP contribution is 2.34. The first-order valence-electron chi connectivity index (χ1n) is 6.55. The average molecular weight is 286 g/mol. The number of ether oxygens (including phenoxy) is 2. The number of nitrogen functional groups attached to an aromatic ring is 1. The highest BCUT2D eigenvalue weighted by atomic mass is 16.5. The molecule has 6 heteroatoms. The van der Waals surface area contributed by atoms with E-state index >= 15 is 0 Å². The lowest BCUT2D eigenvalue weighted by Crippen LogP contribution is -1.97. The van der Waals surface area contributed by atoms with Gasteiger partial charge in [-0.05, 0) is 18.1 Å². The highest BCUT2D eigenvalue weighted by Gasteiger charge is 2.18. The Morgan fingerprint density at radius 3 is 2.48 bits per heavy atom. The van der Waals surface area contributed by atoms with Crippen LogP contribution in [0.4, 0.5) is 5.69 Å². The second kappa shape index (κ2) is 5.75. The normalized spacial score (nSPS) is 10.5. The predicted molar refractivity (Wildman–Crippen MR) is 79.5 cm³/mol. The zero-order valence-corrected chi connectivity index (χ0v) is 12.5. The number of benzene rings is 1. The highest BCUT2D eigenvalue weighted by molar-refractivity contribution is 5.56. The Bertz CT molecular complexity index is 698. The maximum atomic E-state index is 9.03. The summed E-state index contributed by atoms with van der Waals surface area (Å²) in [5, 5.41) is 13.4. The van der Waals surface area contributed by atoms with E-state index in [4.69, 9.17) is 20.5 Å². The summed E-state index contributed by atoms with van der Waals surface area (Å²) >= 11 is 0. The van der Waals surface area contributed by atoms with E-state index in [0.29, 0.717) is 28.6 Å². The molecule has 21 heavy (non-hydrogen) atoms. The molecular formula is C15H18N4O2. The summed E-state index contributed by atoms with van der Waals surface area (Å²) in [7, 11) is 3.30. The fourth-order valence-electron chi connectivity index (χ4n) is 2.02. The Morgan fingerprint density at radius 1 is 1.29 bits per heavy atom. The van der Waals surface area contributed by atoms with Gasteiger partial charge in [-0.25, -0.2) is 4.68 Å². The third-order valence-electron chi connectivity index (χ3n) is 3.06. The number of methoxy groups -OCH3 is 1. The minimum Gasteiger partial charge on any atom is -0.497 e. The van der Waals surface area contributed by atoms with Gasteiger partial charge in [-0.1, -0.05) is 13.8 Å². The molecule has 1 heterocycles. The summed E-state index contributed by atoms with van der Waals surface area (Å²) in [5.41, 5.74) is 7.84. The number of nitriles is 1. The minimum atomic E-state index is 0.202.